The Morgan fingerprint density at radius 1 is 0.939 bits per heavy atom. The van der Waals surface area contributed by atoms with Crippen LogP contribution in [0.25, 0.3) is 5.76 Å². The summed E-state index contributed by atoms with van der Waals surface area (Å²) in [6.07, 6.45) is 0. The van der Waals surface area contributed by atoms with Crippen molar-refractivity contribution in [2.24, 2.45) is 0 Å². The molecule has 1 aliphatic heterocycles. The Balaban J connectivity index is 1.97. The van der Waals surface area contributed by atoms with Crippen LogP contribution in [0, 0.1) is 5.82 Å². The minimum Gasteiger partial charge on any atom is -0.508 e. The highest BCUT2D eigenvalue weighted by molar-refractivity contribution is 6.51. The molecule has 33 heavy (non-hydrogen) atoms. The fourth-order valence-corrected chi connectivity index (χ4v) is 3.82. The largest absolute Gasteiger partial charge is 0.508 e. The monoisotopic (exact) mass is 449 g/mol. The molecular weight excluding hydrogens is 429 g/mol. The average Bonchev–Trinajstić information content (AvgIpc) is 3.09. The number of aliphatic hydroxyl groups is 1. The first-order valence-electron chi connectivity index (χ1n) is 9.93. The van der Waals surface area contributed by atoms with Crippen molar-refractivity contribution >= 4 is 23.1 Å². The molecule has 0 saturated carbocycles. The van der Waals surface area contributed by atoms with Crippen molar-refractivity contribution in [2.75, 3.05) is 19.1 Å². The number of aliphatic hydroxyl groups excluding tert-OH is 1. The third-order valence-corrected chi connectivity index (χ3v) is 5.42. The number of hydrogen-bond donors (Lipinski definition) is 2. The summed E-state index contributed by atoms with van der Waals surface area (Å²) >= 11 is 0. The third-order valence-electron chi connectivity index (χ3n) is 5.42. The number of carbonyl (C=O) groups is 2. The van der Waals surface area contributed by atoms with Crippen molar-refractivity contribution in [1.29, 1.82) is 0 Å². The van der Waals surface area contributed by atoms with E-state index in [0.717, 1.165) is 0 Å². The Morgan fingerprint density at radius 3 is 2.21 bits per heavy atom. The number of phenolic OH excluding ortho intramolecular Hbond substituents is 1. The van der Waals surface area contributed by atoms with E-state index in [2.05, 4.69) is 0 Å². The van der Waals surface area contributed by atoms with Gasteiger partial charge in [0, 0.05) is 5.69 Å². The van der Waals surface area contributed by atoms with Gasteiger partial charge in [0.1, 0.15) is 28.8 Å². The number of anilines is 1. The Morgan fingerprint density at radius 2 is 1.61 bits per heavy atom. The lowest BCUT2D eigenvalue weighted by molar-refractivity contribution is -0.132. The van der Waals surface area contributed by atoms with Crippen molar-refractivity contribution in [3.05, 3.63) is 89.2 Å². The van der Waals surface area contributed by atoms with Crippen LogP contribution in [0.5, 0.6) is 17.2 Å². The van der Waals surface area contributed by atoms with Gasteiger partial charge in [-0.05, 0) is 60.2 Å². The molecule has 0 radical (unpaired) electrons. The molecule has 1 saturated heterocycles. The zero-order valence-electron chi connectivity index (χ0n) is 17.8. The van der Waals surface area contributed by atoms with Gasteiger partial charge < -0.3 is 19.7 Å². The molecular formula is C25H20FNO6. The smallest absolute Gasteiger partial charge is 0.300 e. The van der Waals surface area contributed by atoms with Crippen LogP contribution < -0.4 is 14.4 Å². The molecule has 1 heterocycles. The Bertz CT molecular complexity index is 1250. The van der Waals surface area contributed by atoms with E-state index in [1.54, 1.807) is 24.3 Å². The van der Waals surface area contributed by atoms with E-state index in [4.69, 9.17) is 9.47 Å². The standard InChI is InChI=1S/C25H20FNO6/c1-32-18-11-12-20(33-2)19(13-18)23(29)21-22(14-3-9-17(28)10-4-14)27(25(31)24(21)30)16-7-5-15(26)6-8-16/h3-13,22,28-29H,1-2H3/b23-21+. The van der Waals surface area contributed by atoms with Crippen LogP contribution in [0.1, 0.15) is 17.2 Å². The summed E-state index contributed by atoms with van der Waals surface area (Å²) in [6.45, 7) is 0. The van der Waals surface area contributed by atoms with E-state index in [1.165, 1.54) is 61.6 Å². The Kier molecular flexibility index (Phi) is 5.74. The highest BCUT2D eigenvalue weighted by atomic mass is 19.1. The van der Waals surface area contributed by atoms with Gasteiger partial charge in [-0.15, -0.1) is 0 Å². The van der Waals surface area contributed by atoms with Crippen LogP contribution in [0.4, 0.5) is 10.1 Å². The molecule has 1 atom stereocenters. The fourth-order valence-electron chi connectivity index (χ4n) is 3.82. The van der Waals surface area contributed by atoms with Crippen molar-refractivity contribution in [1.82, 2.24) is 0 Å². The summed E-state index contributed by atoms with van der Waals surface area (Å²) in [7, 11) is 2.86. The van der Waals surface area contributed by atoms with Gasteiger partial charge in [0.15, 0.2) is 0 Å². The Labute approximate surface area is 188 Å². The van der Waals surface area contributed by atoms with Crippen LogP contribution in [-0.4, -0.2) is 36.1 Å². The predicted octanol–water partition coefficient (Wildman–Crippen LogP) is 4.17. The minimum absolute atomic E-state index is 0.00745. The molecule has 0 aliphatic carbocycles. The molecule has 0 bridgehead atoms. The van der Waals surface area contributed by atoms with Gasteiger partial charge in [-0.3, -0.25) is 14.5 Å². The molecule has 2 N–H and O–H groups in total. The summed E-state index contributed by atoms with van der Waals surface area (Å²) in [6, 6.07) is 14.7. The number of Topliss-reactive ketones (excluding diaryl/α,β-unsaturated/α-hetero) is 1. The number of aromatic hydroxyl groups is 1. The maximum Gasteiger partial charge on any atom is 0.300 e. The number of carbonyl (C=O) groups excluding carboxylic acids is 2. The number of phenols is 1. The number of halogens is 1. The van der Waals surface area contributed by atoms with Crippen LogP contribution >= 0.6 is 0 Å². The number of hydrogen-bond acceptors (Lipinski definition) is 6. The highest BCUT2D eigenvalue weighted by Gasteiger charge is 2.47. The number of nitrogens with zero attached hydrogens (tertiary/aromatic N) is 1. The van der Waals surface area contributed by atoms with Crippen LogP contribution in [0.2, 0.25) is 0 Å². The number of ketones is 1. The lowest BCUT2D eigenvalue weighted by atomic mass is 9.94. The van der Waals surface area contributed by atoms with Crippen LogP contribution in [0.3, 0.4) is 0 Å². The molecule has 4 rings (SSSR count). The highest BCUT2D eigenvalue weighted by Crippen LogP contribution is 2.44. The van der Waals surface area contributed by atoms with Crippen molar-refractivity contribution in [3.63, 3.8) is 0 Å². The normalized spacial score (nSPS) is 17.3. The summed E-state index contributed by atoms with van der Waals surface area (Å²) in [4.78, 5) is 27.5. The minimum atomic E-state index is -1.04. The topological polar surface area (TPSA) is 96.3 Å². The molecule has 1 unspecified atom stereocenters. The van der Waals surface area contributed by atoms with Gasteiger partial charge in [-0.25, -0.2) is 4.39 Å². The first-order valence-corrected chi connectivity index (χ1v) is 9.93. The number of rotatable bonds is 5. The van der Waals surface area contributed by atoms with Crippen LogP contribution in [-0.2, 0) is 9.59 Å². The number of amides is 1. The molecule has 3 aromatic rings. The van der Waals surface area contributed by atoms with Crippen molar-refractivity contribution < 1.29 is 33.7 Å². The fraction of sp³-hybridized carbons (Fsp3) is 0.120. The van der Waals surface area contributed by atoms with Crippen molar-refractivity contribution in [3.8, 4) is 17.2 Å². The summed E-state index contributed by atoms with van der Waals surface area (Å²) < 4.78 is 24.1. The first kappa shape index (κ1) is 21.9. The lowest BCUT2D eigenvalue weighted by Gasteiger charge is -2.25. The van der Waals surface area contributed by atoms with Gasteiger partial charge in [0.05, 0.1) is 31.4 Å². The van der Waals surface area contributed by atoms with E-state index in [1.807, 2.05) is 0 Å². The van der Waals surface area contributed by atoms with E-state index in [0.29, 0.717) is 11.3 Å². The molecule has 8 heteroatoms. The second kappa shape index (κ2) is 8.66. The zero-order chi connectivity index (χ0) is 23.7. The van der Waals surface area contributed by atoms with E-state index >= 15 is 0 Å². The summed E-state index contributed by atoms with van der Waals surface area (Å²) in [5, 5.41) is 21.0. The van der Waals surface area contributed by atoms with Gasteiger partial charge >= 0.3 is 0 Å². The van der Waals surface area contributed by atoms with Gasteiger partial charge in [0.2, 0.25) is 0 Å². The molecule has 3 aromatic carbocycles. The summed E-state index contributed by atoms with van der Waals surface area (Å²) in [5.41, 5.74) is 0.715. The molecule has 1 aliphatic rings. The predicted molar refractivity (Wildman–Crippen MR) is 119 cm³/mol. The van der Waals surface area contributed by atoms with E-state index in [-0.39, 0.29) is 28.3 Å². The van der Waals surface area contributed by atoms with Gasteiger partial charge in [0.25, 0.3) is 11.7 Å². The number of ether oxygens (including phenoxy) is 2. The van der Waals surface area contributed by atoms with Gasteiger partial charge in [-0.1, -0.05) is 12.1 Å². The van der Waals surface area contributed by atoms with Gasteiger partial charge in [-0.2, -0.15) is 0 Å². The van der Waals surface area contributed by atoms with Crippen LogP contribution in [0.15, 0.2) is 72.3 Å². The Hall–Kier alpha value is -4.33. The summed E-state index contributed by atoms with van der Waals surface area (Å²) in [5.74, 6) is -2.09. The first-order chi connectivity index (χ1) is 15.8. The maximum absolute atomic E-state index is 13.5. The zero-order valence-corrected chi connectivity index (χ0v) is 17.8. The molecule has 7 nitrogen and oxygen atoms in total. The second-order valence-electron chi connectivity index (χ2n) is 7.30. The molecule has 0 spiro atoms. The molecule has 1 amide bonds. The van der Waals surface area contributed by atoms with Crippen molar-refractivity contribution in [2.45, 2.75) is 6.04 Å². The SMILES string of the molecule is COc1ccc(OC)c(/C(O)=C2\C(=O)C(=O)N(c3ccc(F)cc3)C2c2ccc(O)cc2)c1. The molecule has 1 fully saturated rings. The third kappa shape index (κ3) is 3.87. The molecule has 168 valence electrons. The lowest BCUT2D eigenvalue weighted by Crippen LogP contribution is -2.29. The number of methoxy groups -OCH3 is 2. The van der Waals surface area contributed by atoms with E-state index in [9.17, 15) is 24.2 Å². The quantitative estimate of drug-likeness (QED) is 0.345. The maximum atomic E-state index is 13.5. The number of benzene rings is 3. The van der Waals surface area contributed by atoms with E-state index < -0.39 is 29.3 Å². The average molecular weight is 449 g/mol. The second-order valence-corrected chi connectivity index (χ2v) is 7.30. The molecule has 0 aromatic heterocycles.